The summed E-state index contributed by atoms with van der Waals surface area (Å²) in [6.45, 7) is 17.4. The van der Waals surface area contributed by atoms with E-state index >= 15 is 0 Å². The van der Waals surface area contributed by atoms with Crippen molar-refractivity contribution < 1.29 is 9.90 Å². The Bertz CT molecular complexity index is 1080. The van der Waals surface area contributed by atoms with Crippen LogP contribution in [-0.4, -0.2) is 21.0 Å². The lowest BCUT2D eigenvalue weighted by atomic mass is 9.32. The molecule has 1 heterocycles. The number of carboxylic acid groups (broad SMARTS) is 1. The van der Waals surface area contributed by atoms with Gasteiger partial charge in [0.15, 0.2) is 0 Å². The predicted molar refractivity (Wildman–Crippen MR) is 142 cm³/mol. The Morgan fingerprint density at radius 3 is 2.31 bits per heavy atom. The molecule has 9 atom stereocenters. The average Bonchev–Trinajstić information content (AvgIpc) is 3.21. The number of carboxylic acids is 1. The Labute approximate surface area is 218 Å². The lowest BCUT2D eigenvalue weighted by Crippen LogP contribution is -2.67. The minimum atomic E-state index is -0.496. The quantitative estimate of drug-likeness (QED) is 0.470. The van der Waals surface area contributed by atoms with Crippen molar-refractivity contribution in [3.63, 3.8) is 0 Å². The first kappa shape index (κ1) is 24.9. The van der Waals surface area contributed by atoms with Gasteiger partial charge in [-0.25, -0.2) is 0 Å². The van der Waals surface area contributed by atoms with Crippen molar-refractivity contribution in [2.75, 3.05) is 0 Å². The standard InChI is InChI=1S/C32H48N2O2/c1-19(2)20-10-13-32(27(35)36)15-14-30(6)21(25(20)32)8-9-24-29(5)18-22-26(34-17-16-33-22)28(3,4)23(29)11-12-31(24,30)7/h16-17,19-21,23-25H,8-15,18H2,1-7H3,(H,35,36)/t20-,21?,23-,24+,25+,29-,30+,31+,32-/m0/s1. The highest BCUT2D eigenvalue weighted by molar-refractivity contribution is 5.76. The largest absolute Gasteiger partial charge is 0.481 e. The summed E-state index contributed by atoms with van der Waals surface area (Å²) in [4.78, 5) is 22.6. The van der Waals surface area contributed by atoms with Crippen molar-refractivity contribution in [1.29, 1.82) is 0 Å². The van der Waals surface area contributed by atoms with Gasteiger partial charge in [-0.05, 0) is 110 Å². The van der Waals surface area contributed by atoms with E-state index < -0.39 is 11.4 Å². The molecule has 5 aliphatic rings. The topological polar surface area (TPSA) is 63.1 Å². The first-order valence-electron chi connectivity index (χ1n) is 14.9. The molecule has 1 aromatic rings. The number of carbonyl (C=O) groups is 1. The summed E-state index contributed by atoms with van der Waals surface area (Å²) in [7, 11) is 0. The molecule has 5 aliphatic carbocycles. The fourth-order valence-electron chi connectivity index (χ4n) is 12.1. The van der Waals surface area contributed by atoms with Crippen LogP contribution in [0.4, 0.5) is 0 Å². The van der Waals surface area contributed by atoms with Gasteiger partial charge in [-0.2, -0.15) is 0 Å². The number of aliphatic carboxylic acids is 1. The van der Waals surface area contributed by atoms with Crippen LogP contribution in [0.25, 0.3) is 0 Å². The van der Waals surface area contributed by atoms with Gasteiger partial charge in [0.25, 0.3) is 0 Å². The normalized spacial score (nSPS) is 48.8. The molecule has 0 radical (unpaired) electrons. The highest BCUT2D eigenvalue weighted by Gasteiger charge is 2.72. The average molecular weight is 493 g/mol. The third-order valence-corrected chi connectivity index (χ3v) is 13.8. The van der Waals surface area contributed by atoms with Crippen LogP contribution in [0.1, 0.15) is 111 Å². The molecule has 0 aliphatic heterocycles. The van der Waals surface area contributed by atoms with Crippen LogP contribution in [0.15, 0.2) is 12.4 Å². The second kappa shape index (κ2) is 7.56. The van der Waals surface area contributed by atoms with Gasteiger partial charge in [-0.1, -0.05) is 48.5 Å². The Morgan fingerprint density at radius 2 is 1.61 bits per heavy atom. The maximum Gasteiger partial charge on any atom is 0.309 e. The van der Waals surface area contributed by atoms with Crippen LogP contribution in [-0.2, 0) is 16.6 Å². The van der Waals surface area contributed by atoms with Gasteiger partial charge in [-0.15, -0.1) is 0 Å². The van der Waals surface area contributed by atoms with Gasteiger partial charge >= 0.3 is 5.97 Å². The third-order valence-electron chi connectivity index (χ3n) is 13.8. The molecule has 0 amide bonds. The molecule has 4 heteroatoms. The fourth-order valence-corrected chi connectivity index (χ4v) is 12.1. The molecule has 36 heavy (non-hydrogen) atoms. The van der Waals surface area contributed by atoms with Crippen molar-refractivity contribution in [3.05, 3.63) is 23.8 Å². The second-order valence-corrected chi connectivity index (χ2v) is 15.4. The lowest BCUT2D eigenvalue weighted by molar-refractivity contribution is -0.230. The molecule has 4 nitrogen and oxygen atoms in total. The molecular weight excluding hydrogens is 444 g/mol. The summed E-state index contributed by atoms with van der Waals surface area (Å²) in [6.07, 6.45) is 13.7. The Kier molecular flexibility index (Phi) is 5.22. The van der Waals surface area contributed by atoms with Crippen molar-refractivity contribution in [1.82, 2.24) is 9.97 Å². The van der Waals surface area contributed by atoms with Gasteiger partial charge in [-0.3, -0.25) is 14.8 Å². The number of fused-ring (bicyclic) bond motifs is 8. The predicted octanol–water partition coefficient (Wildman–Crippen LogP) is 7.31. The second-order valence-electron chi connectivity index (χ2n) is 15.4. The monoisotopic (exact) mass is 492 g/mol. The zero-order valence-electron chi connectivity index (χ0n) is 23.7. The van der Waals surface area contributed by atoms with Crippen LogP contribution in [0, 0.1) is 57.2 Å². The zero-order valence-corrected chi connectivity index (χ0v) is 23.7. The van der Waals surface area contributed by atoms with E-state index in [9.17, 15) is 9.90 Å². The van der Waals surface area contributed by atoms with Crippen LogP contribution in [0.5, 0.6) is 0 Å². The molecule has 4 fully saturated rings. The van der Waals surface area contributed by atoms with E-state index in [0.717, 1.165) is 32.1 Å². The molecule has 0 saturated heterocycles. The Morgan fingerprint density at radius 1 is 0.889 bits per heavy atom. The number of hydrogen-bond acceptors (Lipinski definition) is 3. The van der Waals surface area contributed by atoms with Gasteiger partial charge in [0.2, 0.25) is 0 Å². The molecule has 6 rings (SSSR count). The number of rotatable bonds is 2. The zero-order chi connectivity index (χ0) is 25.9. The maximum atomic E-state index is 12.9. The van der Waals surface area contributed by atoms with E-state index in [0.29, 0.717) is 35.5 Å². The van der Waals surface area contributed by atoms with Crippen molar-refractivity contribution >= 4 is 5.97 Å². The van der Waals surface area contributed by atoms with E-state index in [-0.39, 0.29) is 21.7 Å². The number of hydrogen-bond donors (Lipinski definition) is 1. The van der Waals surface area contributed by atoms with Crippen LogP contribution in [0.3, 0.4) is 0 Å². The summed E-state index contributed by atoms with van der Waals surface area (Å²) >= 11 is 0. The first-order valence-corrected chi connectivity index (χ1v) is 14.9. The van der Waals surface area contributed by atoms with Crippen LogP contribution >= 0.6 is 0 Å². The molecule has 1 unspecified atom stereocenters. The first-order chi connectivity index (χ1) is 16.8. The van der Waals surface area contributed by atoms with E-state index in [1.165, 1.54) is 37.1 Å². The summed E-state index contributed by atoms with van der Waals surface area (Å²) in [6, 6.07) is 0. The molecule has 0 bridgehead atoms. The minimum Gasteiger partial charge on any atom is -0.481 e. The van der Waals surface area contributed by atoms with E-state index in [1.807, 2.05) is 12.4 Å². The molecule has 4 saturated carbocycles. The van der Waals surface area contributed by atoms with Crippen molar-refractivity contribution in [2.45, 2.75) is 112 Å². The van der Waals surface area contributed by atoms with Gasteiger partial charge < -0.3 is 5.11 Å². The van der Waals surface area contributed by atoms with Crippen molar-refractivity contribution in [2.24, 2.45) is 57.2 Å². The molecular formula is C32H48N2O2. The minimum absolute atomic E-state index is 0.0366. The van der Waals surface area contributed by atoms with E-state index in [2.05, 4.69) is 48.5 Å². The molecule has 1 aromatic heterocycles. The van der Waals surface area contributed by atoms with Gasteiger partial charge in [0.05, 0.1) is 16.8 Å². The Hall–Kier alpha value is -1.45. The van der Waals surface area contributed by atoms with Crippen LogP contribution in [0.2, 0.25) is 0 Å². The SMILES string of the molecule is CC(C)[C@@H]1CC[C@]2(C(=O)O)CC[C@]3(C)C(CC[C@@H]4[C@@]5(C)Cc6nccnc6C(C)(C)[C@@H]5CC[C@]43C)[C@@H]12. The van der Waals surface area contributed by atoms with E-state index in [4.69, 9.17) is 9.97 Å². The van der Waals surface area contributed by atoms with Crippen molar-refractivity contribution in [3.8, 4) is 0 Å². The highest BCUT2D eigenvalue weighted by atomic mass is 16.4. The third kappa shape index (κ3) is 2.80. The molecule has 0 aromatic carbocycles. The molecule has 1 N–H and O–H groups in total. The molecule has 198 valence electrons. The van der Waals surface area contributed by atoms with Crippen LogP contribution < -0.4 is 0 Å². The van der Waals surface area contributed by atoms with E-state index in [1.54, 1.807) is 0 Å². The fraction of sp³-hybridized carbons (Fsp3) is 0.844. The smallest absolute Gasteiger partial charge is 0.309 e. The summed E-state index contributed by atoms with van der Waals surface area (Å²) in [5, 5.41) is 10.6. The van der Waals surface area contributed by atoms with Gasteiger partial charge in [0.1, 0.15) is 0 Å². The Balaban J connectivity index is 1.43. The highest BCUT2D eigenvalue weighted by Crippen LogP contribution is 2.77. The number of nitrogens with zero attached hydrogens (tertiary/aromatic N) is 2. The summed E-state index contributed by atoms with van der Waals surface area (Å²) < 4.78 is 0. The number of aromatic nitrogens is 2. The summed E-state index contributed by atoms with van der Waals surface area (Å²) in [5.74, 6) is 2.75. The molecule has 0 spiro atoms. The van der Waals surface area contributed by atoms with Gasteiger partial charge in [0, 0.05) is 17.8 Å². The maximum absolute atomic E-state index is 12.9. The summed E-state index contributed by atoms with van der Waals surface area (Å²) in [5.41, 5.74) is 2.66. The lowest BCUT2D eigenvalue weighted by Gasteiger charge is -2.72.